The van der Waals surface area contributed by atoms with E-state index in [0.29, 0.717) is 23.0 Å². The van der Waals surface area contributed by atoms with Crippen LogP contribution in [0.25, 0.3) is 0 Å². The van der Waals surface area contributed by atoms with Crippen LogP contribution in [-0.4, -0.2) is 31.4 Å². The topological polar surface area (TPSA) is 94.2 Å². The Bertz CT molecular complexity index is 1140. The van der Waals surface area contributed by atoms with Crippen LogP contribution in [0.2, 0.25) is 5.02 Å². The van der Waals surface area contributed by atoms with Gasteiger partial charge in [-0.05, 0) is 79.4 Å². The zero-order valence-corrected chi connectivity index (χ0v) is 19.8. The monoisotopic (exact) mass is 475 g/mol. The molecule has 3 aromatic rings. The van der Waals surface area contributed by atoms with E-state index in [1.165, 1.54) is 5.56 Å². The van der Waals surface area contributed by atoms with Crippen molar-refractivity contribution in [3.63, 3.8) is 0 Å². The molecule has 0 aliphatic carbocycles. The molecule has 1 aliphatic rings. The van der Waals surface area contributed by atoms with E-state index in [4.69, 9.17) is 22.7 Å². The van der Waals surface area contributed by atoms with Crippen molar-refractivity contribution in [1.29, 1.82) is 5.41 Å². The number of piperidine rings is 1. The number of amides is 1. The molecule has 34 heavy (non-hydrogen) atoms. The van der Waals surface area contributed by atoms with Crippen LogP contribution in [0.3, 0.4) is 0 Å². The lowest BCUT2D eigenvalue weighted by Crippen LogP contribution is -2.33. The minimum absolute atomic E-state index is 0.0113. The molecule has 5 N–H and O–H groups in total. The predicted octanol–water partition coefficient (Wildman–Crippen LogP) is 4.74. The van der Waals surface area contributed by atoms with Gasteiger partial charge in [0.05, 0.1) is 6.54 Å². The molecule has 1 fully saturated rings. The number of nitrogens with two attached hydrogens (primary N) is 1. The van der Waals surface area contributed by atoms with Gasteiger partial charge in [-0.3, -0.25) is 10.2 Å². The molecular formula is C27H30ClN5O. The Hall–Kier alpha value is -3.35. The summed E-state index contributed by atoms with van der Waals surface area (Å²) in [4.78, 5) is 15.0. The molecule has 0 bridgehead atoms. The second-order valence-corrected chi connectivity index (χ2v) is 9.08. The van der Waals surface area contributed by atoms with E-state index < -0.39 is 0 Å². The Labute approximate surface area is 205 Å². The SMILES string of the molecule is N=C(N)c1cccc(N(CC(=O)Nc2ccc(C3CCNCC3)cc2)Cc2cccc(Cl)c2)c1. The van der Waals surface area contributed by atoms with Crippen molar-refractivity contribution in [2.45, 2.75) is 25.3 Å². The van der Waals surface area contributed by atoms with Crippen LogP contribution in [0, 0.1) is 5.41 Å². The Morgan fingerprint density at radius 1 is 1.06 bits per heavy atom. The van der Waals surface area contributed by atoms with Gasteiger partial charge in [0.25, 0.3) is 0 Å². The highest BCUT2D eigenvalue weighted by atomic mass is 35.5. The van der Waals surface area contributed by atoms with Crippen LogP contribution in [-0.2, 0) is 11.3 Å². The van der Waals surface area contributed by atoms with Crippen molar-refractivity contribution in [3.05, 3.63) is 94.5 Å². The molecule has 4 rings (SSSR count). The van der Waals surface area contributed by atoms with Gasteiger partial charge in [0.15, 0.2) is 0 Å². The number of benzene rings is 3. The molecule has 0 aromatic heterocycles. The first-order valence-electron chi connectivity index (χ1n) is 11.5. The highest BCUT2D eigenvalue weighted by Gasteiger charge is 2.16. The summed E-state index contributed by atoms with van der Waals surface area (Å²) in [6.45, 7) is 2.74. The number of nitrogens with one attached hydrogen (secondary N) is 3. The van der Waals surface area contributed by atoms with Crippen LogP contribution < -0.4 is 21.3 Å². The third-order valence-corrected chi connectivity index (χ3v) is 6.36. The minimum Gasteiger partial charge on any atom is -0.384 e. The van der Waals surface area contributed by atoms with Crippen LogP contribution in [0.1, 0.15) is 35.4 Å². The molecule has 1 aliphatic heterocycles. The number of anilines is 2. The first kappa shape index (κ1) is 23.8. The molecule has 0 atom stereocenters. The van der Waals surface area contributed by atoms with Crippen molar-refractivity contribution in [1.82, 2.24) is 5.32 Å². The first-order chi connectivity index (χ1) is 16.5. The van der Waals surface area contributed by atoms with Gasteiger partial charge in [-0.2, -0.15) is 0 Å². The number of amidine groups is 1. The lowest BCUT2D eigenvalue weighted by molar-refractivity contribution is -0.115. The van der Waals surface area contributed by atoms with Crippen LogP contribution in [0.15, 0.2) is 72.8 Å². The molecule has 0 radical (unpaired) electrons. The Morgan fingerprint density at radius 3 is 2.50 bits per heavy atom. The van der Waals surface area contributed by atoms with E-state index in [1.807, 2.05) is 59.5 Å². The average Bonchev–Trinajstić information content (AvgIpc) is 2.85. The molecular weight excluding hydrogens is 446 g/mol. The molecule has 0 saturated carbocycles. The van der Waals surface area contributed by atoms with Gasteiger partial charge in [0.2, 0.25) is 5.91 Å². The van der Waals surface area contributed by atoms with Gasteiger partial charge in [0, 0.05) is 28.5 Å². The highest BCUT2D eigenvalue weighted by molar-refractivity contribution is 6.30. The number of carbonyl (C=O) groups is 1. The van der Waals surface area contributed by atoms with Crippen molar-refractivity contribution >= 4 is 34.7 Å². The van der Waals surface area contributed by atoms with E-state index in [-0.39, 0.29) is 18.3 Å². The molecule has 1 heterocycles. The lowest BCUT2D eigenvalue weighted by Gasteiger charge is -2.25. The predicted molar refractivity (Wildman–Crippen MR) is 140 cm³/mol. The van der Waals surface area contributed by atoms with Gasteiger partial charge >= 0.3 is 0 Å². The fourth-order valence-electron chi connectivity index (χ4n) is 4.33. The molecule has 0 spiro atoms. The number of nitrogens with zero attached hydrogens (tertiary/aromatic N) is 1. The minimum atomic E-state index is -0.120. The van der Waals surface area contributed by atoms with E-state index in [1.54, 1.807) is 6.07 Å². The molecule has 7 heteroatoms. The van der Waals surface area contributed by atoms with Crippen LogP contribution in [0.4, 0.5) is 11.4 Å². The Balaban J connectivity index is 1.48. The standard InChI is InChI=1S/C27H30ClN5O/c28-23-5-1-3-19(15-23)17-33(25-6-2-4-22(16-25)27(29)30)18-26(34)32-24-9-7-20(8-10-24)21-11-13-31-14-12-21/h1-10,15-16,21,31H,11-14,17-18H2,(H3,29,30)(H,32,34). The normalized spacial score (nSPS) is 13.9. The number of carbonyl (C=O) groups excluding carboxylic acids is 1. The van der Waals surface area contributed by atoms with Gasteiger partial charge in [0.1, 0.15) is 5.84 Å². The summed E-state index contributed by atoms with van der Waals surface area (Å²) >= 11 is 6.18. The third-order valence-electron chi connectivity index (χ3n) is 6.12. The van der Waals surface area contributed by atoms with E-state index in [2.05, 4.69) is 22.8 Å². The number of nitrogen functional groups attached to an aromatic ring is 1. The fourth-order valence-corrected chi connectivity index (χ4v) is 4.54. The number of hydrogen-bond donors (Lipinski definition) is 4. The zero-order chi connectivity index (χ0) is 23.9. The third kappa shape index (κ3) is 6.37. The summed E-state index contributed by atoms with van der Waals surface area (Å²) in [7, 11) is 0. The van der Waals surface area contributed by atoms with Crippen LogP contribution in [0.5, 0.6) is 0 Å². The number of halogens is 1. The summed E-state index contributed by atoms with van der Waals surface area (Å²) < 4.78 is 0. The van der Waals surface area contributed by atoms with E-state index in [0.717, 1.165) is 42.9 Å². The fraction of sp³-hybridized carbons (Fsp3) is 0.259. The second kappa shape index (κ2) is 11.2. The Morgan fingerprint density at radius 2 is 1.79 bits per heavy atom. The van der Waals surface area contributed by atoms with Gasteiger partial charge in [-0.15, -0.1) is 0 Å². The molecule has 6 nitrogen and oxygen atoms in total. The highest BCUT2D eigenvalue weighted by Crippen LogP contribution is 2.26. The number of rotatable bonds is 8. The average molecular weight is 476 g/mol. The lowest BCUT2D eigenvalue weighted by atomic mass is 9.90. The number of hydrogen-bond acceptors (Lipinski definition) is 4. The first-order valence-corrected chi connectivity index (χ1v) is 11.9. The molecule has 0 unspecified atom stereocenters. The van der Waals surface area contributed by atoms with Crippen molar-refractivity contribution in [2.24, 2.45) is 5.73 Å². The van der Waals surface area contributed by atoms with E-state index >= 15 is 0 Å². The summed E-state index contributed by atoms with van der Waals surface area (Å²) in [5.41, 5.74) is 10.2. The van der Waals surface area contributed by atoms with Gasteiger partial charge < -0.3 is 21.3 Å². The summed E-state index contributed by atoms with van der Waals surface area (Å²) in [5.74, 6) is 0.445. The largest absolute Gasteiger partial charge is 0.384 e. The second-order valence-electron chi connectivity index (χ2n) is 8.64. The molecule has 3 aromatic carbocycles. The van der Waals surface area contributed by atoms with Crippen LogP contribution >= 0.6 is 11.6 Å². The smallest absolute Gasteiger partial charge is 0.243 e. The summed E-state index contributed by atoms with van der Waals surface area (Å²) in [5, 5.41) is 14.8. The van der Waals surface area contributed by atoms with Gasteiger partial charge in [-0.1, -0.05) is 48.0 Å². The molecule has 1 saturated heterocycles. The van der Waals surface area contributed by atoms with Gasteiger partial charge in [-0.25, -0.2) is 0 Å². The maximum Gasteiger partial charge on any atom is 0.243 e. The summed E-state index contributed by atoms with van der Waals surface area (Å²) in [6, 6.07) is 23.1. The Kier molecular flexibility index (Phi) is 7.83. The zero-order valence-electron chi connectivity index (χ0n) is 19.1. The van der Waals surface area contributed by atoms with Crippen molar-refractivity contribution in [2.75, 3.05) is 29.9 Å². The van der Waals surface area contributed by atoms with Crippen molar-refractivity contribution < 1.29 is 4.79 Å². The maximum atomic E-state index is 13.0. The van der Waals surface area contributed by atoms with E-state index in [9.17, 15) is 4.79 Å². The van der Waals surface area contributed by atoms with Crippen molar-refractivity contribution in [3.8, 4) is 0 Å². The molecule has 176 valence electrons. The molecule has 1 amide bonds. The maximum absolute atomic E-state index is 13.0. The quantitative estimate of drug-likeness (QED) is 0.279. The summed E-state index contributed by atoms with van der Waals surface area (Å²) in [6.07, 6.45) is 2.28.